The van der Waals surface area contributed by atoms with Crippen molar-refractivity contribution in [3.05, 3.63) is 11.6 Å². The second-order valence-electron chi connectivity index (χ2n) is 2.83. The van der Waals surface area contributed by atoms with Crippen LogP contribution in [0.4, 0.5) is 0 Å². The molecule has 0 aromatic carbocycles. The molecule has 0 fully saturated rings. The van der Waals surface area contributed by atoms with E-state index in [1.807, 2.05) is 0 Å². The molecule has 0 heterocycles. The van der Waals surface area contributed by atoms with E-state index in [2.05, 4.69) is 5.32 Å². The molecule has 2 amide bonds. The molecule has 0 aromatic heterocycles. The second kappa shape index (κ2) is 5.90. The molecule has 0 rings (SSSR count). The highest BCUT2D eigenvalue weighted by Gasteiger charge is 2.05. The van der Waals surface area contributed by atoms with E-state index >= 15 is 0 Å². The van der Waals surface area contributed by atoms with Crippen molar-refractivity contribution in [3.8, 4) is 0 Å². The molecule has 0 atom stereocenters. The zero-order chi connectivity index (χ0) is 11.1. The van der Waals surface area contributed by atoms with Crippen LogP contribution < -0.4 is 5.32 Å². The topological polar surface area (TPSA) is 83.5 Å². The third-order valence-corrected chi connectivity index (χ3v) is 1.46. The summed E-state index contributed by atoms with van der Waals surface area (Å²) >= 11 is 0. The molecule has 78 valence electrons. The Morgan fingerprint density at radius 1 is 1.29 bits per heavy atom. The van der Waals surface area contributed by atoms with Gasteiger partial charge in [-0.15, -0.1) is 0 Å². The number of imide groups is 1. The quantitative estimate of drug-likeness (QED) is 0.644. The number of carbonyl (C=O) groups excluding carboxylic acids is 2. The maximum Gasteiger partial charge on any atom is 0.303 e. The van der Waals surface area contributed by atoms with Crippen molar-refractivity contribution in [1.82, 2.24) is 5.32 Å². The normalized spacial score (nSPS) is 10.9. The first kappa shape index (κ1) is 12.3. The lowest BCUT2D eigenvalue weighted by Gasteiger charge is -1.99. The Hall–Kier alpha value is -1.65. The number of amides is 2. The zero-order valence-corrected chi connectivity index (χ0v) is 8.16. The number of nitrogens with one attached hydrogen (secondary N) is 1. The summed E-state index contributed by atoms with van der Waals surface area (Å²) in [6.07, 6.45) is 1.75. The standard InChI is InChI=1S/C9H13NO4/c1-6(4-3-5-8(12)13)9(14)10-7(2)11/h4H,3,5H2,1-2H3,(H,12,13)(H,10,11,14)/b6-4-. The molecule has 0 aromatic rings. The summed E-state index contributed by atoms with van der Waals surface area (Å²) in [4.78, 5) is 31.7. The van der Waals surface area contributed by atoms with Crippen LogP contribution in [0.15, 0.2) is 11.6 Å². The summed E-state index contributed by atoms with van der Waals surface area (Å²) in [6.45, 7) is 2.77. The van der Waals surface area contributed by atoms with Gasteiger partial charge >= 0.3 is 5.97 Å². The summed E-state index contributed by atoms with van der Waals surface area (Å²) in [5.41, 5.74) is 0.349. The average Bonchev–Trinajstić information content (AvgIpc) is 2.01. The molecule has 0 unspecified atom stereocenters. The van der Waals surface area contributed by atoms with E-state index in [4.69, 9.17) is 5.11 Å². The number of rotatable bonds is 4. The number of hydrogen-bond acceptors (Lipinski definition) is 3. The van der Waals surface area contributed by atoms with E-state index in [0.717, 1.165) is 0 Å². The van der Waals surface area contributed by atoms with Gasteiger partial charge in [0.05, 0.1) is 0 Å². The van der Waals surface area contributed by atoms with E-state index < -0.39 is 17.8 Å². The molecule has 14 heavy (non-hydrogen) atoms. The van der Waals surface area contributed by atoms with Crippen molar-refractivity contribution >= 4 is 17.8 Å². The van der Waals surface area contributed by atoms with E-state index in [1.165, 1.54) is 19.9 Å². The fourth-order valence-electron chi connectivity index (χ4n) is 0.763. The zero-order valence-electron chi connectivity index (χ0n) is 8.16. The minimum atomic E-state index is -0.916. The van der Waals surface area contributed by atoms with Crippen LogP contribution in [0.1, 0.15) is 26.7 Å². The molecular weight excluding hydrogens is 186 g/mol. The highest BCUT2D eigenvalue weighted by atomic mass is 16.4. The van der Waals surface area contributed by atoms with Gasteiger partial charge in [-0.05, 0) is 13.3 Å². The maximum atomic E-state index is 11.1. The lowest BCUT2D eigenvalue weighted by Crippen LogP contribution is -2.28. The number of allylic oxidation sites excluding steroid dienone is 1. The Labute approximate surface area is 81.8 Å². The maximum absolute atomic E-state index is 11.1. The molecule has 0 saturated carbocycles. The third kappa shape index (κ3) is 5.93. The third-order valence-electron chi connectivity index (χ3n) is 1.46. The molecule has 0 spiro atoms. The Balaban J connectivity index is 4.04. The van der Waals surface area contributed by atoms with Crippen molar-refractivity contribution in [2.45, 2.75) is 26.7 Å². The molecule has 5 heteroatoms. The van der Waals surface area contributed by atoms with Crippen molar-refractivity contribution < 1.29 is 19.5 Å². The van der Waals surface area contributed by atoms with Crippen LogP contribution >= 0.6 is 0 Å². The van der Waals surface area contributed by atoms with Crippen LogP contribution in [0, 0.1) is 0 Å². The first-order valence-electron chi connectivity index (χ1n) is 4.14. The summed E-state index contributed by atoms with van der Waals surface area (Å²) in [5.74, 6) is -1.83. The van der Waals surface area contributed by atoms with Gasteiger partial charge in [-0.2, -0.15) is 0 Å². The Bertz CT molecular complexity index is 281. The number of aliphatic carboxylic acids is 1. The molecule has 2 N–H and O–H groups in total. The van der Waals surface area contributed by atoms with Gasteiger partial charge in [0.15, 0.2) is 0 Å². The SMILES string of the molecule is CC(=O)NC(=O)/C(C)=C\CCC(=O)O. The predicted molar refractivity (Wildman–Crippen MR) is 49.5 cm³/mol. The lowest BCUT2D eigenvalue weighted by molar-refractivity contribution is -0.137. The van der Waals surface area contributed by atoms with E-state index in [0.29, 0.717) is 5.57 Å². The summed E-state index contributed by atoms with van der Waals surface area (Å²) in [7, 11) is 0. The first-order chi connectivity index (χ1) is 6.43. The van der Waals surface area contributed by atoms with Crippen molar-refractivity contribution in [2.24, 2.45) is 0 Å². The van der Waals surface area contributed by atoms with Crippen LogP contribution in [-0.2, 0) is 14.4 Å². The molecular formula is C9H13NO4. The smallest absolute Gasteiger partial charge is 0.303 e. The monoisotopic (exact) mass is 199 g/mol. The van der Waals surface area contributed by atoms with Gasteiger partial charge < -0.3 is 5.11 Å². The van der Waals surface area contributed by atoms with Crippen molar-refractivity contribution in [1.29, 1.82) is 0 Å². The number of hydrogen-bond donors (Lipinski definition) is 2. The van der Waals surface area contributed by atoms with Crippen molar-refractivity contribution in [2.75, 3.05) is 0 Å². The minimum absolute atomic E-state index is 0.0231. The lowest BCUT2D eigenvalue weighted by atomic mass is 10.2. The minimum Gasteiger partial charge on any atom is -0.481 e. The summed E-state index contributed by atoms with van der Waals surface area (Å²) < 4.78 is 0. The van der Waals surface area contributed by atoms with Gasteiger partial charge in [-0.1, -0.05) is 6.08 Å². The molecule has 0 saturated heterocycles. The Morgan fingerprint density at radius 3 is 2.29 bits per heavy atom. The van der Waals surface area contributed by atoms with Crippen LogP contribution in [0.5, 0.6) is 0 Å². The second-order valence-corrected chi connectivity index (χ2v) is 2.83. The molecule has 5 nitrogen and oxygen atoms in total. The first-order valence-corrected chi connectivity index (χ1v) is 4.14. The van der Waals surface area contributed by atoms with Gasteiger partial charge in [0, 0.05) is 18.9 Å². The van der Waals surface area contributed by atoms with Gasteiger partial charge in [-0.3, -0.25) is 19.7 Å². The van der Waals surface area contributed by atoms with Crippen LogP contribution in [0.25, 0.3) is 0 Å². The fraction of sp³-hybridized carbons (Fsp3) is 0.444. The Morgan fingerprint density at radius 2 is 1.86 bits per heavy atom. The van der Waals surface area contributed by atoms with Gasteiger partial charge in [0.25, 0.3) is 5.91 Å². The van der Waals surface area contributed by atoms with Gasteiger partial charge in [-0.25, -0.2) is 0 Å². The van der Waals surface area contributed by atoms with Gasteiger partial charge in [0.2, 0.25) is 5.91 Å². The van der Waals surface area contributed by atoms with Crippen LogP contribution in [-0.4, -0.2) is 22.9 Å². The number of carboxylic acids is 1. The van der Waals surface area contributed by atoms with Crippen LogP contribution in [0.2, 0.25) is 0 Å². The largest absolute Gasteiger partial charge is 0.481 e. The summed E-state index contributed by atoms with van der Waals surface area (Å²) in [6, 6.07) is 0. The number of carbonyl (C=O) groups is 3. The molecule has 0 bridgehead atoms. The highest BCUT2D eigenvalue weighted by molar-refractivity contribution is 6.03. The summed E-state index contributed by atoms with van der Waals surface area (Å²) in [5, 5.41) is 10.4. The van der Waals surface area contributed by atoms with Crippen LogP contribution in [0.3, 0.4) is 0 Å². The average molecular weight is 199 g/mol. The predicted octanol–water partition coefficient (Wildman–Crippen LogP) is 0.460. The van der Waals surface area contributed by atoms with E-state index in [9.17, 15) is 14.4 Å². The Kier molecular flexibility index (Phi) is 5.21. The molecule has 0 radical (unpaired) electrons. The molecule has 0 aliphatic rings. The highest BCUT2D eigenvalue weighted by Crippen LogP contribution is 1.98. The van der Waals surface area contributed by atoms with E-state index in [1.54, 1.807) is 0 Å². The fourth-order valence-corrected chi connectivity index (χ4v) is 0.763. The molecule has 0 aliphatic heterocycles. The van der Waals surface area contributed by atoms with Gasteiger partial charge in [0.1, 0.15) is 0 Å². The molecule has 0 aliphatic carbocycles. The number of carboxylic acid groups (broad SMARTS) is 1. The van der Waals surface area contributed by atoms with E-state index in [-0.39, 0.29) is 12.8 Å². The van der Waals surface area contributed by atoms with Crippen molar-refractivity contribution in [3.63, 3.8) is 0 Å².